The van der Waals surface area contributed by atoms with Gasteiger partial charge in [0.2, 0.25) is 0 Å². The molecule has 0 unspecified atom stereocenters. The summed E-state index contributed by atoms with van der Waals surface area (Å²) in [5.74, 6) is -2.62. The van der Waals surface area contributed by atoms with Crippen molar-refractivity contribution in [2.45, 2.75) is 30.3 Å². The topological polar surface area (TPSA) is 136 Å². The van der Waals surface area contributed by atoms with Gasteiger partial charge in [-0.15, -0.1) is 11.6 Å². The highest BCUT2D eigenvalue weighted by atomic mass is 35.5. The summed E-state index contributed by atoms with van der Waals surface area (Å²) >= 11 is 5.65. The fourth-order valence-corrected chi connectivity index (χ4v) is 1.06. The molecule has 7 heteroatoms. The average Bonchev–Trinajstić information content (AvgIpc) is 2.11. The SMILES string of the molecule is [NH3+][C@@H](CC[C@@H](Cl)[C@@H]([NH3+])C(=O)[O-])C(=O)[O-]. The zero-order valence-electron chi connectivity index (χ0n) is 7.57. The van der Waals surface area contributed by atoms with E-state index in [9.17, 15) is 19.8 Å². The molecule has 0 amide bonds. The van der Waals surface area contributed by atoms with Crippen LogP contribution < -0.4 is 21.7 Å². The lowest BCUT2D eigenvalue weighted by Crippen LogP contribution is -2.72. The summed E-state index contributed by atoms with van der Waals surface area (Å²) in [6, 6.07) is -1.93. The van der Waals surface area contributed by atoms with Crippen molar-refractivity contribution >= 4 is 23.5 Å². The van der Waals surface area contributed by atoms with Gasteiger partial charge >= 0.3 is 0 Å². The second-order valence-corrected chi connectivity index (χ2v) is 3.60. The number of hydrogen-bond donors (Lipinski definition) is 2. The molecule has 6 nitrogen and oxygen atoms in total. The van der Waals surface area contributed by atoms with Crippen molar-refractivity contribution in [1.29, 1.82) is 0 Å². The second-order valence-electron chi connectivity index (χ2n) is 3.03. The lowest BCUT2D eigenvalue weighted by atomic mass is 10.1. The summed E-state index contributed by atoms with van der Waals surface area (Å²) in [5, 5.41) is 19.8. The first-order valence-electron chi connectivity index (χ1n) is 4.08. The molecule has 0 radical (unpaired) electrons. The van der Waals surface area contributed by atoms with Gasteiger partial charge in [0.05, 0.1) is 11.3 Å². The first kappa shape index (κ1) is 13.2. The standard InChI is InChI=1S/C7H13ClN2O4/c8-3(5(10)7(13)14)1-2-4(9)6(11)12/h3-5H,1-2,9-10H2,(H,11,12)(H,13,14)/t3-,4+,5-/m1/s1. The van der Waals surface area contributed by atoms with Gasteiger partial charge in [-0.25, -0.2) is 0 Å². The van der Waals surface area contributed by atoms with Gasteiger partial charge in [0.1, 0.15) is 18.1 Å². The molecule has 0 rings (SSSR count). The summed E-state index contributed by atoms with van der Waals surface area (Å²) in [7, 11) is 0. The Morgan fingerprint density at radius 2 is 1.64 bits per heavy atom. The molecular formula is C7H13ClN2O4. The largest absolute Gasteiger partial charge is 0.544 e. The Balaban J connectivity index is 3.90. The highest BCUT2D eigenvalue weighted by Crippen LogP contribution is 2.08. The summed E-state index contributed by atoms with van der Waals surface area (Å²) in [6.07, 6.45) is 0.363. The Kier molecular flexibility index (Phi) is 5.44. The molecule has 0 bridgehead atoms. The van der Waals surface area contributed by atoms with Crippen LogP contribution in [0.3, 0.4) is 0 Å². The number of hydrogen-bond acceptors (Lipinski definition) is 4. The van der Waals surface area contributed by atoms with Gasteiger partial charge in [0, 0.05) is 6.42 Å². The van der Waals surface area contributed by atoms with Crippen LogP contribution in [0.1, 0.15) is 12.8 Å². The highest BCUT2D eigenvalue weighted by Gasteiger charge is 2.21. The molecule has 0 heterocycles. The zero-order chi connectivity index (χ0) is 11.3. The van der Waals surface area contributed by atoms with Gasteiger partial charge in [0.15, 0.2) is 0 Å². The van der Waals surface area contributed by atoms with Crippen LogP contribution in [0.25, 0.3) is 0 Å². The Labute approximate surface area is 85.8 Å². The number of quaternary nitrogens is 2. The van der Waals surface area contributed by atoms with Crippen LogP contribution in [0.2, 0.25) is 0 Å². The van der Waals surface area contributed by atoms with Gasteiger partial charge in [-0.1, -0.05) is 0 Å². The third-order valence-electron chi connectivity index (χ3n) is 1.86. The monoisotopic (exact) mass is 224 g/mol. The molecular weight excluding hydrogens is 212 g/mol. The van der Waals surface area contributed by atoms with Gasteiger partial charge < -0.3 is 31.3 Å². The third-order valence-corrected chi connectivity index (χ3v) is 2.39. The Bertz CT molecular complexity index is 224. The molecule has 0 aliphatic heterocycles. The Morgan fingerprint density at radius 1 is 1.14 bits per heavy atom. The molecule has 3 atom stereocenters. The van der Waals surface area contributed by atoms with Crippen LogP contribution in [0.5, 0.6) is 0 Å². The number of aliphatic carboxylic acids is 2. The van der Waals surface area contributed by atoms with Gasteiger partial charge in [-0.2, -0.15) is 0 Å². The molecule has 0 saturated carbocycles. The molecule has 0 aliphatic carbocycles. The smallest absolute Gasteiger partial charge is 0.141 e. The van der Waals surface area contributed by atoms with E-state index in [1.54, 1.807) is 0 Å². The number of rotatable bonds is 6. The average molecular weight is 225 g/mol. The maximum Gasteiger partial charge on any atom is 0.141 e. The summed E-state index contributed by atoms with van der Waals surface area (Å²) in [6.45, 7) is 0. The van der Waals surface area contributed by atoms with Crippen LogP contribution in [-0.4, -0.2) is 29.4 Å². The van der Waals surface area contributed by atoms with Gasteiger partial charge in [-0.3, -0.25) is 0 Å². The predicted molar refractivity (Wildman–Crippen MR) is 42.2 cm³/mol. The lowest BCUT2D eigenvalue weighted by molar-refractivity contribution is -0.443. The molecule has 0 spiro atoms. The maximum absolute atomic E-state index is 10.3. The summed E-state index contributed by atoms with van der Waals surface area (Å²) < 4.78 is 0. The van der Waals surface area contributed by atoms with E-state index >= 15 is 0 Å². The minimum atomic E-state index is -1.35. The fourth-order valence-electron chi connectivity index (χ4n) is 0.827. The lowest BCUT2D eigenvalue weighted by Gasteiger charge is -2.16. The molecule has 0 saturated heterocycles. The Hall–Kier alpha value is -0.850. The number of carbonyl (C=O) groups is 2. The maximum atomic E-state index is 10.3. The molecule has 0 aromatic heterocycles. The fraction of sp³-hybridized carbons (Fsp3) is 0.714. The highest BCUT2D eigenvalue weighted by molar-refractivity contribution is 6.22. The molecule has 0 fully saturated rings. The van der Waals surface area contributed by atoms with E-state index in [1.165, 1.54) is 0 Å². The first-order chi connectivity index (χ1) is 6.36. The predicted octanol–water partition coefficient (Wildman–Crippen LogP) is -4.91. The van der Waals surface area contributed by atoms with Gasteiger partial charge in [0.25, 0.3) is 0 Å². The number of alkyl halides is 1. The minimum Gasteiger partial charge on any atom is -0.544 e. The van der Waals surface area contributed by atoms with E-state index in [0.29, 0.717) is 0 Å². The van der Waals surface area contributed by atoms with Crippen LogP contribution in [0.4, 0.5) is 0 Å². The summed E-state index contributed by atoms with van der Waals surface area (Å²) in [5.41, 5.74) is 6.59. The summed E-state index contributed by atoms with van der Waals surface area (Å²) in [4.78, 5) is 20.6. The van der Waals surface area contributed by atoms with Crippen molar-refractivity contribution in [3.05, 3.63) is 0 Å². The third kappa shape index (κ3) is 4.40. The zero-order valence-corrected chi connectivity index (χ0v) is 8.33. The number of halogens is 1. The molecule has 14 heavy (non-hydrogen) atoms. The van der Waals surface area contributed by atoms with Crippen LogP contribution >= 0.6 is 11.6 Å². The van der Waals surface area contributed by atoms with E-state index in [1.807, 2.05) is 0 Å². The van der Waals surface area contributed by atoms with E-state index in [-0.39, 0.29) is 12.8 Å². The van der Waals surface area contributed by atoms with Gasteiger partial charge in [-0.05, 0) is 6.42 Å². The van der Waals surface area contributed by atoms with Crippen LogP contribution in [0, 0.1) is 0 Å². The quantitative estimate of drug-likeness (QED) is 0.437. The number of carboxylic acids is 2. The second kappa shape index (κ2) is 5.79. The van der Waals surface area contributed by atoms with Crippen molar-refractivity contribution in [3.63, 3.8) is 0 Å². The van der Waals surface area contributed by atoms with Crippen molar-refractivity contribution in [3.8, 4) is 0 Å². The molecule has 82 valence electrons. The molecule has 0 aromatic carbocycles. The number of carboxylic acid groups (broad SMARTS) is 2. The van der Waals surface area contributed by atoms with E-state index in [4.69, 9.17) is 11.6 Å². The molecule has 6 N–H and O–H groups in total. The van der Waals surface area contributed by atoms with Crippen molar-refractivity contribution in [1.82, 2.24) is 0 Å². The molecule has 0 aliphatic rings. The minimum absolute atomic E-state index is 0.163. The van der Waals surface area contributed by atoms with E-state index in [2.05, 4.69) is 11.5 Å². The van der Waals surface area contributed by atoms with E-state index < -0.39 is 29.4 Å². The normalized spacial score (nSPS) is 17.1. The van der Waals surface area contributed by atoms with E-state index in [0.717, 1.165) is 0 Å². The first-order valence-corrected chi connectivity index (χ1v) is 4.51. The Morgan fingerprint density at radius 3 is 2.00 bits per heavy atom. The van der Waals surface area contributed by atoms with Crippen LogP contribution in [-0.2, 0) is 9.59 Å². The van der Waals surface area contributed by atoms with Crippen molar-refractivity contribution in [2.75, 3.05) is 0 Å². The number of carbonyl (C=O) groups excluding carboxylic acids is 2. The van der Waals surface area contributed by atoms with Crippen molar-refractivity contribution in [2.24, 2.45) is 0 Å². The molecule has 0 aromatic rings. The van der Waals surface area contributed by atoms with Crippen molar-refractivity contribution < 1.29 is 31.3 Å². The van der Waals surface area contributed by atoms with Crippen LogP contribution in [0.15, 0.2) is 0 Å².